The summed E-state index contributed by atoms with van der Waals surface area (Å²) >= 11 is 1.96. The molecular weight excluding hydrogens is 332 g/mol. The minimum Gasteiger partial charge on any atom is -0.338 e. The maximum absolute atomic E-state index is 12.8. The highest BCUT2D eigenvalue weighted by atomic mass is 32.2. The van der Waals surface area contributed by atoms with Crippen molar-refractivity contribution in [3.05, 3.63) is 35.9 Å². The Balaban J connectivity index is 1.56. The van der Waals surface area contributed by atoms with Crippen LogP contribution in [0.3, 0.4) is 0 Å². The molecule has 1 atom stereocenters. The van der Waals surface area contributed by atoms with Crippen LogP contribution in [0.4, 0.5) is 0 Å². The number of thioether (sulfide) groups is 1. The number of ketones is 1. The number of hydrogen-bond donors (Lipinski definition) is 0. The molecule has 1 unspecified atom stereocenters. The van der Waals surface area contributed by atoms with Crippen molar-refractivity contribution >= 4 is 23.5 Å². The molecule has 0 spiro atoms. The van der Waals surface area contributed by atoms with Crippen LogP contribution in [-0.4, -0.2) is 65.2 Å². The second kappa shape index (κ2) is 9.39. The predicted octanol–water partition coefficient (Wildman–Crippen LogP) is 3.08. The smallest absolute Gasteiger partial charge is 0.223 e. The number of Topliss-reactive ketones (excluding diaryl/α,β-unsaturated/α-hetero) is 1. The van der Waals surface area contributed by atoms with Crippen LogP contribution >= 0.6 is 11.8 Å². The minimum atomic E-state index is 0.0641. The zero-order valence-corrected chi connectivity index (χ0v) is 15.7. The van der Waals surface area contributed by atoms with Gasteiger partial charge in [-0.15, -0.1) is 0 Å². The third kappa shape index (κ3) is 5.32. The predicted molar refractivity (Wildman–Crippen MR) is 103 cm³/mol. The number of benzene rings is 1. The number of carbonyl (C=O) groups excluding carboxylic acids is 2. The van der Waals surface area contributed by atoms with Crippen LogP contribution in [0.1, 0.15) is 42.5 Å². The van der Waals surface area contributed by atoms with Gasteiger partial charge in [0, 0.05) is 37.2 Å². The number of rotatable bonds is 6. The lowest BCUT2D eigenvalue weighted by Crippen LogP contribution is -2.47. The van der Waals surface area contributed by atoms with Crippen molar-refractivity contribution in [3.8, 4) is 0 Å². The Hall–Kier alpha value is -1.33. The second-order valence-electron chi connectivity index (χ2n) is 6.97. The largest absolute Gasteiger partial charge is 0.338 e. The van der Waals surface area contributed by atoms with Crippen LogP contribution in [0.5, 0.6) is 0 Å². The summed E-state index contributed by atoms with van der Waals surface area (Å²) in [5, 5.41) is 0. The molecule has 0 aromatic heterocycles. The first kappa shape index (κ1) is 18.5. The molecule has 4 nitrogen and oxygen atoms in total. The quantitative estimate of drug-likeness (QED) is 0.731. The molecule has 2 aliphatic heterocycles. The summed E-state index contributed by atoms with van der Waals surface area (Å²) in [7, 11) is 0. The standard InChI is InChI=1S/C20H28N2O2S/c23-19(17-7-2-1-3-8-17)9-10-20(24)22-13-6-14-25-16-18(22)15-21-11-4-5-12-21/h1-3,7-8,18H,4-6,9-16H2. The van der Waals surface area contributed by atoms with E-state index in [2.05, 4.69) is 9.80 Å². The highest BCUT2D eigenvalue weighted by Crippen LogP contribution is 2.20. The van der Waals surface area contributed by atoms with Crippen molar-refractivity contribution in [3.63, 3.8) is 0 Å². The molecule has 1 aromatic carbocycles. The van der Waals surface area contributed by atoms with E-state index in [1.807, 2.05) is 42.1 Å². The van der Waals surface area contributed by atoms with Gasteiger partial charge in [0.2, 0.25) is 5.91 Å². The summed E-state index contributed by atoms with van der Waals surface area (Å²) in [5.41, 5.74) is 0.704. The van der Waals surface area contributed by atoms with Gasteiger partial charge in [-0.3, -0.25) is 9.59 Å². The molecule has 2 fully saturated rings. The van der Waals surface area contributed by atoms with Gasteiger partial charge in [-0.05, 0) is 38.1 Å². The number of amides is 1. The second-order valence-corrected chi connectivity index (χ2v) is 8.12. The van der Waals surface area contributed by atoms with E-state index in [9.17, 15) is 9.59 Å². The Morgan fingerprint density at radius 1 is 1.00 bits per heavy atom. The van der Waals surface area contributed by atoms with Crippen molar-refractivity contribution in [2.45, 2.75) is 38.1 Å². The Kier molecular flexibility index (Phi) is 6.93. The zero-order chi connectivity index (χ0) is 17.5. The van der Waals surface area contributed by atoms with Crippen molar-refractivity contribution in [2.75, 3.05) is 37.7 Å². The molecule has 0 N–H and O–H groups in total. The maximum atomic E-state index is 12.8. The highest BCUT2D eigenvalue weighted by Gasteiger charge is 2.28. The van der Waals surface area contributed by atoms with Gasteiger partial charge < -0.3 is 9.80 Å². The van der Waals surface area contributed by atoms with Gasteiger partial charge >= 0.3 is 0 Å². The third-order valence-electron chi connectivity index (χ3n) is 5.09. The van der Waals surface area contributed by atoms with E-state index in [1.54, 1.807) is 0 Å². The molecule has 136 valence electrons. The van der Waals surface area contributed by atoms with Gasteiger partial charge in [0.15, 0.2) is 5.78 Å². The molecule has 0 saturated carbocycles. The van der Waals surface area contributed by atoms with Gasteiger partial charge in [-0.1, -0.05) is 30.3 Å². The van der Waals surface area contributed by atoms with E-state index in [1.165, 1.54) is 12.8 Å². The average molecular weight is 361 g/mol. The van der Waals surface area contributed by atoms with Gasteiger partial charge in [-0.2, -0.15) is 11.8 Å². The Bertz CT molecular complexity index is 572. The van der Waals surface area contributed by atoms with Crippen molar-refractivity contribution < 1.29 is 9.59 Å². The number of hydrogen-bond acceptors (Lipinski definition) is 4. The highest BCUT2D eigenvalue weighted by molar-refractivity contribution is 7.99. The van der Waals surface area contributed by atoms with Crippen molar-refractivity contribution in [2.24, 2.45) is 0 Å². The summed E-state index contributed by atoms with van der Waals surface area (Å²) in [4.78, 5) is 29.7. The fourth-order valence-corrected chi connectivity index (χ4v) is 4.76. The topological polar surface area (TPSA) is 40.6 Å². The molecule has 0 aliphatic carbocycles. The summed E-state index contributed by atoms with van der Waals surface area (Å²) in [6, 6.07) is 9.59. The van der Waals surface area contributed by atoms with Crippen molar-refractivity contribution in [1.82, 2.24) is 9.80 Å². The molecular formula is C20H28N2O2S. The molecule has 0 bridgehead atoms. The van der Waals surface area contributed by atoms with Crippen LogP contribution in [0.15, 0.2) is 30.3 Å². The first-order chi connectivity index (χ1) is 12.2. The van der Waals surface area contributed by atoms with Crippen LogP contribution in [0.25, 0.3) is 0 Å². The number of nitrogens with zero attached hydrogens (tertiary/aromatic N) is 2. The van der Waals surface area contributed by atoms with Crippen molar-refractivity contribution in [1.29, 1.82) is 0 Å². The summed E-state index contributed by atoms with van der Waals surface area (Å²) in [6.45, 7) is 4.15. The van der Waals surface area contributed by atoms with Crippen LogP contribution in [0, 0.1) is 0 Å². The first-order valence-electron chi connectivity index (χ1n) is 9.42. The van der Waals surface area contributed by atoms with Crippen LogP contribution < -0.4 is 0 Å². The van der Waals surface area contributed by atoms with Gasteiger partial charge in [0.05, 0.1) is 6.04 Å². The van der Waals surface area contributed by atoms with E-state index in [0.717, 1.165) is 44.1 Å². The Morgan fingerprint density at radius 2 is 1.76 bits per heavy atom. The molecule has 2 aliphatic rings. The van der Waals surface area contributed by atoms with Crippen LogP contribution in [-0.2, 0) is 4.79 Å². The zero-order valence-electron chi connectivity index (χ0n) is 14.9. The lowest BCUT2D eigenvalue weighted by atomic mass is 10.1. The molecule has 2 saturated heterocycles. The number of likely N-dealkylation sites (tertiary alicyclic amines) is 1. The Labute approximate surface area is 154 Å². The van der Waals surface area contributed by atoms with E-state index in [-0.39, 0.29) is 11.7 Å². The first-order valence-corrected chi connectivity index (χ1v) is 10.6. The summed E-state index contributed by atoms with van der Waals surface area (Å²) < 4.78 is 0. The normalized spacial score (nSPS) is 21.9. The lowest BCUT2D eigenvalue weighted by Gasteiger charge is -2.32. The third-order valence-corrected chi connectivity index (χ3v) is 6.29. The minimum absolute atomic E-state index is 0.0641. The molecule has 2 heterocycles. The van der Waals surface area contributed by atoms with Gasteiger partial charge in [-0.25, -0.2) is 0 Å². The SMILES string of the molecule is O=C(CCC(=O)N1CCCSCC1CN1CCCC1)c1ccccc1. The molecule has 0 radical (unpaired) electrons. The number of carbonyl (C=O) groups is 2. The molecule has 1 aromatic rings. The Morgan fingerprint density at radius 3 is 2.52 bits per heavy atom. The van der Waals surface area contributed by atoms with E-state index >= 15 is 0 Å². The monoisotopic (exact) mass is 360 g/mol. The lowest BCUT2D eigenvalue weighted by molar-refractivity contribution is -0.133. The fourth-order valence-electron chi connectivity index (χ4n) is 3.70. The van der Waals surface area contributed by atoms with Crippen LogP contribution in [0.2, 0.25) is 0 Å². The molecule has 5 heteroatoms. The maximum Gasteiger partial charge on any atom is 0.223 e. The molecule has 3 rings (SSSR count). The van der Waals surface area contributed by atoms with E-state index in [0.29, 0.717) is 24.4 Å². The van der Waals surface area contributed by atoms with Gasteiger partial charge in [0.25, 0.3) is 0 Å². The molecule has 25 heavy (non-hydrogen) atoms. The fraction of sp³-hybridized carbons (Fsp3) is 0.600. The van der Waals surface area contributed by atoms with E-state index < -0.39 is 0 Å². The van der Waals surface area contributed by atoms with E-state index in [4.69, 9.17) is 0 Å². The molecule has 1 amide bonds. The van der Waals surface area contributed by atoms with Gasteiger partial charge in [0.1, 0.15) is 0 Å². The summed E-state index contributed by atoms with van der Waals surface area (Å²) in [5.74, 6) is 2.36. The summed E-state index contributed by atoms with van der Waals surface area (Å²) in [6.07, 6.45) is 4.25. The average Bonchev–Trinajstić information content (AvgIpc) is 3.04.